The lowest BCUT2D eigenvalue weighted by Gasteiger charge is -2.04. The van der Waals surface area contributed by atoms with E-state index < -0.39 is 11.9 Å². The van der Waals surface area contributed by atoms with E-state index in [-0.39, 0.29) is 10.6 Å². The number of nitrogens with zero attached hydrogens (tertiary/aromatic N) is 1. The molecule has 0 saturated heterocycles. The molecule has 2 aromatic heterocycles. The zero-order chi connectivity index (χ0) is 14.0. The van der Waals surface area contributed by atoms with E-state index in [1.807, 2.05) is 6.92 Å². The highest BCUT2D eigenvalue weighted by Gasteiger charge is 2.21. The Morgan fingerprint density at radius 2 is 2.26 bits per heavy atom. The molecule has 1 amide bonds. The molecular formula is C12H12N2O4S. The van der Waals surface area contributed by atoms with Gasteiger partial charge in [-0.1, -0.05) is 12.1 Å². The maximum atomic E-state index is 12.1. The molecule has 100 valence electrons. The van der Waals surface area contributed by atoms with E-state index in [0.717, 1.165) is 11.3 Å². The molecule has 2 N–H and O–H groups in total. The van der Waals surface area contributed by atoms with Crippen LogP contribution in [0, 0.1) is 6.92 Å². The van der Waals surface area contributed by atoms with Crippen LogP contribution in [-0.2, 0) is 6.42 Å². The molecule has 0 radical (unpaired) electrons. The van der Waals surface area contributed by atoms with Crippen LogP contribution in [0.3, 0.4) is 0 Å². The van der Waals surface area contributed by atoms with Crippen LogP contribution < -0.4 is 5.32 Å². The van der Waals surface area contributed by atoms with E-state index in [9.17, 15) is 9.59 Å². The van der Waals surface area contributed by atoms with Gasteiger partial charge in [0.05, 0.1) is 11.4 Å². The molecule has 2 aromatic rings. The fourth-order valence-corrected chi connectivity index (χ4v) is 2.40. The summed E-state index contributed by atoms with van der Waals surface area (Å²) in [6.45, 7) is 3.51. The summed E-state index contributed by atoms with van der Waals surface area (Å²) in [6.07, 6.45) is 0.565. The normalized spacial score (nSPS) is 10.4. The third-order valence-electron chi connectivity index (χ3n) is 2.60. The number of carbonyl (C=O) groups excluding carboxylic acids is 1. The minimum atomic E-state index is -1.07. The number of nitrogens with one attached hydrogen (secondary N) is 1. The molecule has 2 heterocycles. The smallest absolute Gasteiger partial charge is 0.348 e. The first-order valence-electron chi connectivity index (χ1n) is 5.61. The quantitative estimate of drug-likeness (QED) is 0.897. The number of aryl methyl sites for hydroxylation is 2. The Labute approximate surface area is 113 Å². The van der Waals surface area contributed by atoms with Crippen LogP contribution in [0.4, 0.5) is 5.69 Å². The first-order chi connectivity index (χ1) is 9.04. The van der Waals surface area contributed by atoms with Crippen LogP contribution in [0.5, 0.6) is 0 Å². The minimum absolute atomic E-state index is 0.0977. The van der Waals surface area contributed by atoms with Crippen LogP contribution in [-0.4, -0.2) is 22.1 Å². The monoisotopic (exact) mass is 280 g/mol. The number of hydrogen-bond donors (Lipinski definition) is 2. The SMILES string of the molecule is CCc1noc(C)c1C(=O)Nc1ccsc1C(=O)O. The zero-order valence-corrected chi connectivity index (χ0v) is 11.2. The molecule has 19 heavy (non-hydrogen) atoms. The summed E-state index contributed by atoms with van der Waals surface area (Å²) < 4.78 is 4.98. The Bertz CT molecular complexity index is 629. The van der Waals surface area contributed by atoms with Crippen LogP contribution >= 0.6 is 11.3 Å². The Kier molecular flexibility index (Phi) is 3.66. The van der Waals surface area contributed by atoms with E-state index in [1.54, 1.807) is 18.4 Å². The zero-order valence-electron chi connectivity index (χ0n) is 10.4. The van der Waals surface area contributed by atoms with Gasteiger partial charge in [0.15, 0.2) is 0 Å². The summed E-state index contributed by atoms with van der Waals surface area (Å²) >= 11 is 1.06. The molecule has 0 atom stereocenters. The first kappa shape index (κ1) is 13.3. The fourth-order valence-electron chi connectivity index (χ4n) is 1.71. The number of aromatic nitrogens is 1. The van der Waals surface area contributed by atoms with Crippen LogP contribution in [0.15, 0.2) is 16.0 Å². The van der Waals surface area contributed by atoms with Gasteiger partial charge in [-0.2, -0.15) is 0 Å². The van der Waals surface area contributed by atoms with Crippen molar-refractivity contribution in [2.75, 3.05) is 5.32 Å². The van der Waals surface area contributed by atoms with Gasteiger partial charge in [0.1, 0.15) is 16.2 Å². The summed E-state index contributed by atoms with van der Waals surface area (Å²) in [7, 11) is 0. The summed E-state index contributed by atoms with van der Waals surface area (Å²) in [5.41, 5.74) is 1.21. The van der Waals surface area contributed by atoms with E-state index in [0.29, 0.717) is 23.4 Å². The molecule has 7 heteroatoms. The third kappa shape index (κ3) is 2.50. The van der Waals surface area contributed by atoms with Crippen molar-refractivity contribution in [3.05, 3.63) is 33.3 Å². The predicted octanol–water partition coefficient (Wildman–Crippen LogP) is 2.56. The lowest BCUT2D eigenvalue weighted by atomic mass is 10.1. The van der Waals surface area contributed by atoms with Gasteiger partial charge >= 0.3 is 5.97 Å². The van der Waals surface area contributed by atoms with Crippen molar-refractivity contribution >= 4 is 28.9 Å². The molecule has 0 bridgehead atoms. The van der Waals surface area contributed by atoms with Gasteiger partial charge in [0.2, 0.25) is 0 Å². The van der Waals surface area contributed by atoms with Gasteiger partial charge in [-0.15, -0.1) is 11.3 Å². The second-order valence-corrected chi connectivity index (χ2v) is 4.75. The Morgan fingerprint density at radius 1 is 1.53 bits per heavy atom. The number of hydrogen-bond acceptors (Lipinski definition) is 5. The number of anilines is 1. The second kappa shape index (κ2) is 5.23. The van der Waals surface area contributed by atoms with E-state index in [2.05, 4.69) is 10.5 Å². The number of amides is 1. The van der Waals surface area contributed by atoms with Gasteiger partial charge in [0, 0.05) is 0 Å². The summed E-state index contributed by atoms with van der Waals surface area (Å²) in [6, 6.07) is 1.56. The molecular weight excluding hydrogens is 268 g/mol. The average Bonchev–Trinajstić information content (AvgIpc) is 2.95. The topological polar surface area (TPSA) is 92.4 Å². The molecule has 0 aromatic carbocycles. The summed E-state index contributed by atoms with van der Waals surface area (Å²) in [5, 5.41) is 17.0. The summed E-state index contributed by atoms with van der Waals surface area (Å²) in [4.78, 5) is 23.2. The first-order valence-corrected chi connectivity index (χ1v) is 6.49. The van der Waals surface area contributed by atoms with Crippen molar-refractivity contribution in [3.8, 4) is 0 Å². The number of rotatable bonds is 4. The molecule has 0 saturated carbocycles. The second-order valence-electron chi connectivity index (χ2n) is 3.84. The van der Waals surface area contributed by atoms with Gasteiger partial charge in [0.25, 0.3) is 5.91 Å². The Hall–Kier alpha value is -2.15. The van der Waals surface area contributed by atoms with Crippen LogP contribution in [0.25, 0.3) is 0 Å². The highest BCUT2D eigenvalue weighted by molar-refractivity contribution is 7.12. The van der Waals surface area contributed by atoms with Gasteiger partial charge < -0.3 is 14.9 Å². The number of carbonyl (C=O) groups is 2. The maximum absolute atomic E-state index is 12.1. The van der Waals surface area contributed by atoms with Crippen molar-refractivity contribution in [2.24, 2.45) is 0 Å². The van der Waals surface area contributed by atoms with Gasteiger partial charge in [-0.05, 0) is 24.8 Å². The lowest BCUT2D eigenvalue weighted by molar-refractivity contribution is 0.0703. The van der Waals surface area contributed by atoms with Crippen molar-refractivity contribution in [2.45, 2.75) is 20.3 Å². The Morgan fingerprint density at radius 3 is 2.89 bits per heavy atom. The molecule has 0 aliphatic heterocycles. The maximum Gasteiger partial charge on any atom is 0.348 e. The van der Waals surface area contributed by atoms with E-state index in [4.69, 9.17) is 9.63 Å². The van der Waals surface area contributed by atoms with Crippen molar-refractivity contribution < 1.29 is 19.2 Å². The Balaban J connectivity index is 2.28. The minimum Gasteiger partial charge on any atom is -0.477 e. The highest BCUT2D eigenvalue weighted by Crippen LogP contribution is 2.24. The number of carboxylic acid groups (broad SMARTS) is 1. The molecule has 6 nitrogen and oxygen atoms in total. The molecule has 0 fully saturated rings. The van der Waals surface area contributed by atoms with Crippen LogP contribution in [0.1, 0.15) is 38.4 Å². The molecule has 0 unspecified atom stereocenters. The van der Waals surface area contributed by atoms with E-state index in [1.165, 1.54) is 0 Å². The van der Waals surface area contributed by atoms with Crippen molar-refractivity contribution in [1.29, 1.82) is 0 Å². The van der Waals surface area contributed by atoms with Gasteiger partial charge in [-0.25, -0.2) is 4.79 Å². The predicted molar refractivity (Wildman–Crippen MR) is 69.8 cm³/mol. The molecule has 0 aliphatic rings. The van der Waals surface area contributed by atoms with Crippen molar-refractivity contribution in [3.63, 3.8) is 0 Å². The third-order valence-corrected chi connectivity index (χ3v) is 3.51. The van der Waals surface area contributed by atoms with Crippen molar-refractivity contribution in [1.82, 2.24) is 5.16 Å². The summed E-state index contributed by atoms with van der Waals surface area (Å²) in [5.74, 6) is -1.05. The lowest BCUT2D eigenvalue weighted by Crippen LogP contribution is -2.15. The number of thiophene rings is 1. The van der Waals surface area contributed by atoms with Crippen LogP contribution in [0.2, 0.25) is 0 Å². The molecule has 0 aliphatic carbocycles. The largest absolute Gasteiger partial charge is 0.477 e. The average molecular weight is 280 g/mol. The number of carboxylic acids is 1. The fraction of sp³-hybridized carbons (Fsp3) is 0.250. The molecule has 2 rings (SSSR count). The van der Waals surface area contributed by atoms with E-state index >= 15 is 0 Å². The highest BCUT2D eigenvalue weighted by atomic mass is 32.1. The molecule has 0 spiro atoms. The standard InChI is InChI=1S/C12H12N2O4S/c1-3-7-9(6(2)18-14-7)11(15)13-8-4-5-19-10(8)12(16)17/h4-5H,3H2,1-2H3,(H,13,15)(H,16,17). The van der Waals surface area contributed by atoms with Gasteiger partial charge in [-0.3, -0.25) is 4.79 Å². The number of aromatic carboxylic acids is 1.